The molecule has 1 aromatic carbocycles. The standard InChI is InChI=1S/C14H20N2O3/c17-9-11(6-10-4-2-1-3-5-10)16-14(19)13-7-12(18)8-15-13/h1-5,11-13,15,17-18H,6-9H2,(H,16,19)/t11-,12?,13?/m1/s1. The molecule has 0 spiro atoms. The Morgan fingerprint density at radius 3 is 2.74 bits per heavy atom. The van der Waals surface area contributed by atoms with Crippen LogP contribution in [0.5, 0.6) is 0 Å². The summed E-state index contributed by atoms with van der Waals surface area (Å²) >= 11 is 0. The van der Waals surface area contributed by atoms with E-state index in [0.717, 1.165) is 5.56 Å². The van der Waals surface area contributed by atoms with E-state index in [1.54, 1.807) is 0 Å². The average molecular weight is 264 g/mol. The van der Waals surface area contributed by atoms with Crippen molar-refractivity contribution in [1.82, 2.24) is 10.6 Å². The molecule has 0 aromatic heterocycles. The van der Waals surface area contributed by atoms with Crippen molar-refractivity contribution >= 4 is 5.91 Å². The highest BCUT2D eigenvalue weighted by Gasteiger charge is 2.29. The molecule has 0 radical (unpaired) electrons. The highest BCUT2D eigenvalue weighted by molar-refractivity contribution is 5.82. The zero-order valence-electron chi connectivity index (χ0n) is 10.7. The van der Waals surface area contributed by atoms with Crippen LogP contribution in [0, 0.1) is 0 Å². The molecule has 4 N–H and O–H groups in total. The first kappa shape index (κ1) is 14.0. The maximum absolute atomic E-state index is 12.0. The van der Waals surface area contributed by atoms with Gasteiger partial charge in [-0.2, -0.15) is 0 Å². The lowest BCUT2D eigenvalue weighted by atomic mass is 10.1. The van der Waals surface area contributed by atoms with E-state index in [9.17, 15) is 15.0 Å². The SMILES string of the molecule is O=C(N[C@@H](CO)Cc1ccccc1)C1CC(O)CN1. The van der Waals surface area contributed by atoms with Gasteiger partial charge in [0.2, 0.25) is 5.91 Å². The van der Waals surface area contributed by atoms with Gasteiger partial charge in [0.05, 0.1) is 24.8 Å². The Labute approximate surface area is 112 Å². The molecule has 1 aliphatic heterocycles. The fourth-order valence-electron chi connectivity index (χ4n) is 2.28. The second-order valence-corrected chi connectivity index (χ2v) is 4.93. The number of amides is 1. The normalized spacial score (nSPS) is 24.1. The van der Waals surface area contributed by atoms with Crippen LogP contribution in [0.1, 0.15) is 12.0 Å². The molecule has 1 saturated heterocycles. The Morgan fingerprint density at radius 1 is 1.42 bits per heavy atom. The topological polar surface area (TPSA) is 81.6 Å². The van der Waals surface area contributed by atoms with Crippen LogP contribution < -0.4 is 10.6 Å². The van der Waals surface area contributed by atoms with E-state index < -0.39 is 6.10 Å². The molecule has 1 amide bonds. The van der Waals surface area contributed by atoms with E-state index >= 15 is 0 Å². The van der Waals surface area contributed by atoms with Gasteiger partial charge in [-0.1, -0.05) is 30.3 Å². The Bertz CT molecular complexity index is 410. The molecule has 0 bridgehead atoms. The third-order valence-electron chi connectivity index (χ3n) is 3.32. The lowest BCUT2D eigenvalue weighted by Gasteiger charge is -2.19. The number of rotatable bonds is 5. The lowest BCUT2D eigenvalue weighted by molar-refractivity contribution is -0.123. The zero-order chi connectivity index (χ0) is 13.7. The third kappa shape index (κ3) is 4.02. The molecule has 19 heavy (non-hydrogen) atoms. The minimum absolute atomic E-state index is 0.101. The fraction of sp³-hybridized carbons (Fsp3) is 0.500. The highest BCUT2D eigenvalue weighted by Crippen LogP contribution is 2.08. The first-order valence-electron chi connectivity index (χ1n) is 6.55. The number of carbonyl (C=O) groups excluding carboxylic acids is 1. The summed E-state index contributed by atoms with van der Waals surface area (Å²) in [7, 11) is 0. The van der Waals surface area contributed by atoms with Gasteiger partial charge in [-0.3, -0.25) is 4.79 Å². The smallest absolute Gasteiger partial charge is 0.237 e. The molecule has 1 heterocycles. The minimum atomic E-state index is -0.461. The van der Waals surface area contributed by atoms with E-state index in [0.29, 0.717) is 19.4 Å². The van der Waals surface area contributed by atoms with E-state index in [-0.39, 0.29) is 24.6 Å². The summed E-state index contributed by atoms with van der Waals surface area (Å²) < 4.78 is 0. The van der Waals surface area contributed by atoms with Crippen molar-refractivity contribution in [1.29, 1.82) is 0 Å². The molecule has 104 valence electrons. The van der Waals surface area contributed by atoms with Crippen molar-refractivity contribution in [2.24, 2.45) is 0 Å². The Kier molecular flexibility index (Phi) is 4.90. The number of hydrogen-bond acceptors (Lipinski definition) is 4. The average Bonchev–Trinajstić information content (AvgIpc) is 2.86. The van der Waals surface area contributed by atoms with Crippen molar-refractivity contribution < 1.29 is 15.0 Å². The number of benzene rings is 1. The molecule has 0 saturated carbocycles. The number of aliphatic hydroxyl groups is 2. The van der Waals surface area contributed by atoms with Crippen LogP contribution in [0.2, 0.25) is 0 Å². The summed E-state index contributed by atoms with van der Waals surface area (Å²) in [6, 6.07) is 9.06. The van der Waals surface area contributed by atoms with E-state index in [1.165, 1.54) is 0 Å². The summed E-state index contributed by atoms with van der Waals surface area (Å²) in [5.74, 6) is -0.161. The van der Waals surface area contributed by atoms with Crippen molar-refractivity contribution in [3.63, 3.8) is 0 Å². The van der Waals surface area contributed by atoms with E-state index in [2.05, 4.69) is 10.6 Å². The summed E-state index contributed by atoms with van der Waals surface area (Å²) in [5.41, 5.74) is 1.07. The monoisotopic (exact) mass is 264 g/mol. The molecule has 5 nitrogen and oxygen atoms in total. The number of β-amino-alcohol motifs (C(OH)–C–C–N with tert-alkyl or cyclic N) is 1. The van der Waals surface area contributed by atoms with Crippen LogP contribution in [0.15, 0.2) is 30.3 Å². The predicted molar refractivity (Wildman–Crippen MR) is 71.6 cm³/mol. The van der Waals surface area contributed by atoms with Gasteiger partial charge in [-0.25, -0.2) is 0 Å². The van der Waals surface area contributed by atoms with Gasteiger partial charge >= 0.3 is 0 Å². The number of hydrogen-bond donors (Lipinski definition) is 4. The Balaban J connectivity index is 1.87. The Hall–Kier alpha value is -1.43. The van der Waals surface area contributed by atoms with Gasteiger partial charge in [-0.15, -0.1) is 0 Å². The minimum Gasteiger partial charge on any atom is -0.394 e. The first-order chi connectivity index (χ1) is 9.19. The molecular formula is C14H20N2O3. The summed E-state index contributed by atoms with van der Waals surface area (Å²) in [4.78, 5) is 12.0. The van der Waals surface area contributed by atoms with Crippen LogP contribution in [-0.2, 0) is 11.2 Å². The molecule has 1 aliphatic rings. The van der Waals surface area contributed by atoms with Gasteiger partial charge in [0, 0.05) is 6.54 Å². The van der Waals surface area contributed by atoms with Crippen molar-refractivity contribution in [3.05, 3.63) is 35.9 Å². The van der Waals surface area contributed by atoms with Crippen LogP contribution in [-0.4, -0.2) is 47.5 Å². The molecule has 2 unspecified atom stereocenters. The van der Waals surface area contributed by atoms with E-state index in [1.807, 2.05) is 30.3 Å². The van der Waals surface area contributed by atoms with Gasteiger partial charge < -0.3 is 20.8 Å². The number of carbonyl (C=O) groups is 1. The molecule has 3 atom stereocenters. The van der Waals surface area contributed by atoms with Gasteiger partial charge in [0.1, 0.15) is 0 Å². The second-order valence-electron chi connectivity index (χ2n) is 4.93. The molecule has 1 aromatic rings. The number of nitrogens with one attached hydrogen (secondary N) is 2. The van der Waals surface area contributed by atoms with Crippen LogP contribution in [0.3, 0.4) is 0 Å². The summed E-state index contributed by atoms with van der Waals surface area (Å²) in [5, 5.41) is 24.5. The zero-order valence-corrected chi connectivity index (χ0v) is 10.7. The maximum Gasteiger partial charge on any atom is 0.237 e. The molecule has 1 fully saturated rings. The van der Waals surface area contributed by atoms with Crippen LogP contribution in [0.25, 0.3) is 0 Å². The predicted octanol–water partition coefficient (Wildman–Crippen LogP) is -0.571. The largest absolute Gasteiger partial charge is 0.394 e. The van der Waals surface area contributed by atoms with E-state index in [4.69, 9.17) is 0 Å². The first-order valence-corrected chi connectivity index (χ1v) is 6.55. The molecular weight excluding hydrogens is 244 g/mol. The summed E-state index contributed by atoms with van der Waals surface area (Å²) in [6.07, 6.45) is 0.561. The molecule has 5 heteroatoms. The van der Waals surface area contributed by atoms with Crippen molar-refractivity contribution in [2.75, 3.05) is 13.2 Å². The maximum atomic E-state index is 12.0. The summed E-state index contributed by atoms with van der Waals surface area (Å²) in [6.45, 7) is 0.344. The van der Waals surface area contributed by atoms with Crippen molar-refractivity contribution in [2.45, 2.75) is 31.0 Å². The van der Waals surface area contributed by atoms with Crippen LogP contribution in [0.4, 0.5) is 0 Å². The second kappa shape index (κ2) is 6.65. The van der Waals surface area contributed by atoms with Gasteiger partial charge in [0.25, 0.3) is 0 Å². The third-order valence-corrected chi connectivity index (χ3v) is 3.32. The lowest BCUT2D eigenvalue weighted by Crippen LogP contribution is -2.47. The van der Waals surface area contributed by atoms with Crippen LogP contribution >= 0.6 is 0 Å². The Morgan fingerprint density at radius 2 is 2.16 bits per heavy atom. The number of aliphatic hydroxyl groups excluding tert-OH is 2. The van der Waals surface area contributed by atoms with Gasteiger partial charge in [0.15, 0.2) is 0 Å². The quantitative estimate of drug-likeness (QED) is 0.574. The highest BCUT2D eigenvalue weighted by atomic mass is 16.3. The molecule has 2 rings (SSSR count). The van der Waals surface area contributed by atoms with Crippen molar-refractivity contribution in [3.8, 4) is 0 Å². The fourth-order valence-corrected chi connectivity index (χ4v) is 2.28. The molecule has 0 aliphatic carbocycles. The van der Waals surface area contributed by atoms with Gasteiger partial charge in [-0.05, 0) is 18.4 Å².